The maximum atomic E-state index is 11.1. The summed E-state index contributed by atoms with van der Waals surface area (Å²) < 4.78 is 5.19. The minimum Gasteiger partial charge on any atom is -0.496 e. The molecule has 0 saturated heterocycles. The van der Waals surface area contributed by atoms with Crippen molar-refractivity contribution in [2.75, 3.05) is 13.7 Å². The summed E-state index contributed by atoms with van der Waals surface area (Å²) in [5.41, 5.74) is 1.33. The van der Waals surface area contributed by atoms with Gasteiger partial charge in [0.1, 0.15) is 11.3 Å². The van der Waals surface area contributed by atoms with Crippen molar-refractivity contribution >= 4 is 5.97 Å². The number of hydrogen-bond donors (Lipinski definition) is 1. The number of carbonyl (C=O) groups is 1. The third kappa shape index (κ3) is 3.73. The summed E-state index contributed by atoms with van der Waals surface area (Å²) in [6.45, 7) is 6.39. The summed E-state index contributed by atoms with van der Waals surface area (Å²) in [6.07, 6.45) is 2.55. The van der Waals surface area contributed by atoms with Gasteiger partial charge in [0, 0.05) is 19.1 Å². The lowest BCUT2D eigenvalue weighted by atomic mass is 10.1. The summed E-state index contributed by atoms with van der Waals surface area (Å²) in [6, 6.07) is 6.07. The minimum atomic E-state index is -0.949. The van der Waals surface area contributed by atoms with Crippen molar-refractivity contribution in [3.05, 3.63) is 29.3 Å². The zero-order valence-electron chi connectivity index (χ0n) is 12.4. The Balaban J connectivity index is 2.13. The maximum absolute atomic E-state index is 11.1. The van der Waals surface area contributed by atoms with Crippen LogP contribution < -0.4 is 4.74 Å². The van der Waals surface area contributed by atoms with Crippen LogP contribution in [0.25, 0.3) is 0 Å². The second kappa shape index (κ2) is 6.27. The Kier molecular flexibility index (Phi) is 4.65. The molecule has 1 saturated carbocycles. The average molecular weight is 277 g/mol. The highest BCUT2D eigenvalue weighted by atomic mass is 16.5. The Morgan fingerprint density at radius 3 is 2.65 bits per heavy atom. The van der Waals surface area contributed by atoms with Gasteiger partial charge in [-0.1, -0.05) is 19.9 Å². The lowest BCUT2D eigenvalue weighted by Crippen LogP contribution is -2.29. The highest BCUT2D eigenvalue weighted by molar-refractivity contribution is 5.90. The Labute approximate surface area is 120 Å². The normalized spacial score (nSPS) is 14.8. The Hall–Kier alpha value is -1.55. The minimum absolute atomic E-state index is 0.220. The van der Waals surface area contributed by atoms with Crippen LogP contribution in [0.2, 0.25) is 0 Å². The van der Waals surface area contributed by atoms with Crippen LogP contribution in [0, 0.1) is 5.92 Å². The molecular weight excluding hydrogens is 254 g/mol. The standard InChI is InChI=1S/C16H23NO3/c1-11(2)9-17(13-5-6-13)10-12-4-7-14(16(18)19)15(8-12)20-3/h4,7-8,11,13H,5-6,9-10H2,1-3H3,(H,18,19). The summed E-state index contributed by atoms with van der Waals surface area (Å²) in [7, 11) is 1.51. The molecule has 2 rings (SSSR count). The van der Waals surface area contributed by atoms with E-state index < -0.39 is 5.97 Å². The summed E-state index contributed by atoms with van der Waals surface area (Å²) in [4.78, 5) is 13.6. The van der Waals surface area contributed by atoms with Crippen molar-refractivity contribution in [3.8, 4) is 5.75 Å². The molecule has 20 heavy (non-hydrogen) atoms. The van der Waals surface area contributed by atoms with Crippen LogP contribution in [0.1, 0.15) is 42.6 Å². The molecule has 4 nitrogen and oxygen atoms in total. The SMILES string of the molecule is COc1cc(CN(CC(C)C)C2CC2)ccc1C(=O)O. The quantitative estimate of drug-likeness (QED) is 0.832. The first-order valence-corrected chi connectivity index (χ1v) is 7.15. The molecule has 4 heteroatoms. The van der Waals surface area contributed by atoms with E-state index in [4.69, 9.17) is 9.84 Å². The molecule has 0 bridgehead atoms. The molecule has 0 aliphatic heterocycles. The lowest BCUT2D eigenvalue weighted by molar-refractivity contribution is 0.0693. The number of nitrogens with zero attached hydrogens (tertiary/aromatic N) is 1. The highest BCUT2D eigenvalue weighted by Crippen LogP contribution is 2.30. The van der Waals surface area contributed by atoms with Crippen molar-refractivity contribution in [2.45, 2.75) is 39.3 Å². The summed E-state index contributed by atoms with van der Waals surface area (Å²) in [5.74, 6) is 0.126. The fraction of sp³-hybridized carbons (Fsp3) is 0.562. The van der Waals surface area contributed by atoms with E-state index in [-0.39, 0.29) is 5.56 Å². The molecule has 1 fully saturated rings. The van der Waals surface area contributed by atoms with Gasteiger partial charge < -0.3 is 9.84 Å². The van der Waals surface area contributed by atoms with Crippen LogP contribution in [-0.4, -0.2) is 35.7 Å². The van der Waals surface area contributed by atoms with E-state index in [1.54, 1.807) is 6.07 Å². The number of aromatic carboxylic acids is 1. The number of ether oxygens (including phenoxy) is 1. The zero-order chi connectivity index (χ0) is 14.7. The molecular formula is C16H23NO3. The van der Waals surface area contributed by atoms with E-state index >= 15 is 0 Å². The topological polar surface area (TPSA) is 49.8 Å². The number of carboxylic acid groups (broad SMARTS) is 1. The number of carboxylic acids is 1. The molecule has 1 aromatic rings. The molecule has 0 heterocycles. The lowest BCUT2D eigenvalue weighted by Gasteiger charge is -2.24. The van der Waals surface area contributed by atoms with Crippen LogP contribution in [0.5, 0.6) is 5.75 Å². The van der Waals surface area contributed by atoms with Crippen molar-refractivity contribution in [3.63, 3.8) is 0 Å². The molecule has 1 N–H and O–H groups in total. The van der Waals surface area contributed by atoms with Gasteiger partial charge in [-0.3, -0.25) is 4.90 Å². The Morgan fingerprint density at radius 2 is 2.15 bits per heavy atom. The van der Waals surface area contributed by atoms with E-state index in [9.17, 15) is 4.79 Å². The molecule has 1 aliphatic carbocycles. The first-order valence-electron chi connectivity index (χ1n) is 7.15. The second-order valence-corrected chi connectivity index (χ2v) is 5.89. The van der Waals surface area contributed by atoms with Gasteiger partial charge in [-0.2, -0.15) is 0 Å². The van der Waals surface area contributed by atoms with Gasteiger partial charge in [-0.05, 0) is 36.5 Å². The van der Waals surface area contributed by atoms with Crippen LogP contribution in [0.3, 0.4) is 0 Å². The number of hydrogen-bond acceptors (Lipinski definition) is 3. The van der Waals surface area contributed by atoms with Gasteiger partial charge >= 0.3 is 5.97 Å². The predicted molar refractivity (Wildman–Crippen MR) is 78.2 cm³/mol. The summed E-state index contributed by atoms with van der Waals surface area (Å²) >= 11 is 0. The molecule has 110 valence electrons. The number of rotatable bonds is 7. The molecule has 0 radical (unpaired) electrons. The highest BCUT2D eigenvalue weighted by Gasteiger charge is 2.29. The van der Waals surface area contributed by atoms with E-state index in [0.29, 0.717) is 17.7 Å². The van der Waals surface area contributed by atoms with Crippen molar-refractivity contribution < 1.29 is 14.6 Å². The first kappa shape index (κ1) is 14.9. The second-order valence-electron chi connectivity index (χ2n) is 5.89. The van der Waals surface area contributed by atoms with Gasteiger partial charge in [0.2, 0.25) is 0 Å². The predicted octanol–water partition coefficient (Wildman–Crippen LogP) is 3.01. The Bertz CT molecular complexity index is 481. The van der Waals surface area contributed by atoms with E-state index in [2.05, 4.69) is 18.7 Å². The molecule has 1 aromatic carbocycles. The number of methoxy groups -OCH3 is 1. The molecule has 1 aliphatic rings. The van der Waals surface area contributed by atoms with Crippen LogP contribution >= 0.6 is 0 Å². The first-order chi connectivity index (χ1) is 9.51. The molecule has 0 aromatic heterocycles. The van der Waals surface area contributed by atoms with Gasteiger partial charge in [0.25, 0.3) is 0 Å². The molecule has 0 unspecified atom stereocenters. The van der Waals surface area contributed by atoms with Crippen LogP contribution in [0.15, 0.2) is 18.2 Å². The summed E-state index contributed by atoms with van der Waals surface area (Å²) in [5, 5.41) is 9.10. The van der Waals surface area contributed by atoms with Crippen LogP contribution in [-0.2, 0) is 6.54 Å². The average Bonchev–Trinajstić information content (AvgIpc) is 3.21. The molecule has 0 amide bonds. The third-order valence-electron chi connectivity index (χ3n) is 3.54. The fourth-order valence-corrected chi connectivity index (χ4v) is 2.50. The van der Waals surface area contributed by atoms with Crippen molar-refractivity contribution in [1.29, 1.82) is 0 Å². The fourth-order valence-electron chi connectivity index (χ4n) is 2.50. The van der Waals surface area contributed by atoms with Gasteiger partial charge in [0.15, 0.2) is 0 Å². The van der Waals surface area contributed by atoms with Gasteiger partial charge in [0.05, 0.1) is 7.11 Å². The zero-order valence-corrected chi connectivity index (χ0v) is 12.4. The monoisotopic (exact) mass is 277 g/mol. The Morgan fingerprint density at radius 1 is 1.45 bits per heavy atom. The molecule has 0 atom stereocenters. The van der Waals surface area contributed by atoms with Crippen molar-refractivity contribution in [2.24, 2.45) is 5.92 Å². The third-order valence-corrected chi connectivity index (χ3v) is 3.54. The largest absolute Gasteiger partial charge is 0.496 e. The number of benzene rings is 1. The van der Waals surface area contributed by atoms with Gasteiger partial charge in [-0.15, -0.1) is 0 Å². The van der Waals surface area contributed by atoms with Gasteiger partial charge in [-0.25, -0.2) is 4.79 Å². The van der Waals surface area contributed by atoms with Crippen molar-refractivity contribution in [1.82, 2.24) is 4.90 Å². The maximum Gasteiger partial charge on any atom is 0.339 e. The van der Waals surface area contributed by atoms with E-state index in [1.165, 1.54) is 20.0 Å². The van der Waals surface area contributed by atoms with E-state index in [0.717, 1.165) is 18.7 Å². The smallest absolute Gasteiger partial charge is 0.339 e. The van der Waals surface area contributed by atoms with E-state index in [1.807, 2.05) is 12.1 Å². The van der Waals surface area contributed by atoms with Crippen LogP contribution in [0.4, 0.5) is 0 Å². The molecule has 0 spiro atoms.